The van der Waals surface area contributed by atoms with Crippen LogP contribution in [0.4, 0.5) is 10.7 Å². The van der Waals surface area contributed by atoms with Crippen LogP contribution in [0, 0.1) is 0 Å². The third-order valence-electron chi connectivity index (χ3n) is 5.46. The van der Waals surface area contributed by atoms with Crippen LogP contribution in [0.25, 0.3) is 0 Å². The highest BCUT2D eigenvalue weighted by molar-refractivity contribution is 7.80. The first-order valence-corrected chi connectivity index (χ1v) is 10.7. The third-order valence-corrected chi connectivity index (χ3v) is 6.96. The Morgan fingerprint density at radius 3 is 2.85 bits per heavy atom. The monoisotopic (exact) mass is 400 g/mol. The van der Waals surface area contributed by atoms with Gasteiger partial charge < -0.3 is 15.0 Å². The maximum Gasteiger partial charge on any atom is 0.341 e. The van der Waals surface area contributed by atoms with E-state index < -0.39 is 0 Å². The number of rotatable bonds is 2. The number of hydrogen-bond donors (Lipinski definition) is 1. The number of fused-ring (bicyclic) bond motifs is 2. The molecule has 1 N–H and O–H groups in total. The Bertz CT molecular complexity index is 890. The summed E-state index contributed by atoms with van der Waals surface area (Å²) in [6, 6.07) is 8.66. The largest absolute Gasteiger partial charge is 0.465 e. The van der Waals surface area contributed by atoms with Crippen LogP contribution in [0.15, 0.2) is 24.3 Å². The lowest BCUT2D eigenvalue weighted by molar-refractivity contribution is 0.0601. The molecule has 1 aliphatic carbocycles. The van der Waals surface area contributed by atoms with Gasteiger partial charge in [-0.3, -0.25) is 0 Å². The predicted molar refractivity (Wildman–Crippen MR) is 115 cm³/mol. The fraction of sp³-hybridized carbons (Fsp3) is 0.429. The summed E-state index contributed by atoms with van der Waals surface area (Å²) in [5.74, 6) is -0.269. The molecule has 0 radical (unpaired) electrons. The first-order valence-electron chi connectivity index (χ1n) is 9.51. The predicted octanol–water partition coefficient (Wildman–Crippen LogP) is 4.95. The summed E-state index contributed by atoms with van der Waals surface area (Å²) in [5, 5.41) is 4.87. The maximum atomic E-state index is 12.5. The van der Waals surface area contributed by atoms with E-state index in [4.69, 9.17) is 17.0 Å². The van der Waals surface area contributed by atoms with Crippen LogP contribution in [-0.2, 0) is 24.0 Å². The molecule has 0 spiro atoms. The number of carbonyl (C=O) groups excluding carboxylic acids is 1. The average molecular weight is 401 g/mol. The van der Waals surface area contributed by atoms with Gasteiger partial charge in [0.15, 0.2) is 5.11 Å². The zero-order valence-electron chi connectivity index (χ0n) is 15.7. The standard InChI is InChI=1S/C21H24N2O2S2/c1-13-12-14-8-6-7-10-16(14)23(13)21(26)22-19-18(20(24)25-2)15-9-4-3-5-11-17(15)27-19/h6-8,10,13H,3-5,9,11-12H2,1-2H3,(H,22,26). The van der Waals surface area contributed by atoms with Gasteiger partial charge >= 0.3 is 5.97 Å². The quantitative estimate of drug-likeness (QED) is 0.439. The van der Waals surface area contributed by atoms with E-state index in [0.29, 0.717) is 16.7 Å². The number of methoxy groups -OCH3 is 1. The molecule has 2 heterocycles. The molecule has 0 saturated carbocycles. The summed E-state index contributed by atoms with van der Waals surface area (Å²) < 4.78 is 5.10. The van der Waals surface area contributed by atoms with Crippen molar-refractivity contribution >= 4 is 45.3 Å². The first-order chi connectivity index (χ1) is 13.1. The molecule has 0 amide bonds. The minimum Gasteiger partial charge on any atom is -0.465 e. The summed E-state index contributed by atoms with van der Waals surface area (Å²) >= 11 is 7.43. The smallest absolute Gasteiger partial charge is 0.341 e. The van der Waals surface area contributed by atoms with Gasteiger partial charge in [-0.15, -0.1) is 11.3 Å². The van der Waals surface area contributed by atoms with Crippen molar-refractivity contribution in [2.24, 2.45) is 0 Å². The van der Waals surface area contributed by atoms with Crippen molar-refractivity contribution in [3.05, 3.63) is 45.8 Å². The van der Waals surface area contributed by atoms with Crippen molar-refractivity contribution in [2.45, 2.75) is 51.5 Å². The van der Waals surface area contributed by atoms with Crippen LogP contribution in [0.3, 0.4) is 0 Å². The van der Waals surface area contributed by atoms with E-state index in [2.05, 4.69) is 35.3 Å². The second-order valence-electron chi connectivity index (χ2n) is 7.24. The Morgan fingerprint density at radius 2 is 2.04 bits per heavy atom. The van der Waals surface area contributed by atoms with E-state index in [1.165, 1.54) is 30.4 Å². The number of thiophene rings is 1. The van der Waals surface area contributed by atoms with Crippen molar-refractivity contribution in [3.8, 4) is 0 Å². The molecule has 0 bridgehead atoms. The number of esters is 1. The number of carbonyl (C=O) groups is 1. The average Bonchev–Trinajstić information content (AvgIpc) is 3.08. The first kappa shape index (κ1) is 18.4. The molecule has 1 unspecified atom stereocenters. The van der Waals surface area contributed by atoms with Crippen molar-refractivity contribution < 1.29 is 9.53 Å². The van der Waals surface area contributed by atoms with E-state index in [1.54, 1.807) is 11.3 Å². The van der Waals surface area contributed by atoms with Gasteiger partial charge in [0, 0.05) is 16.6 Å². The van der Waals surface area contributed by atoms with Gasteiger partial charge in [-0.1, -0.05) is 24.6 Å². The van der Waals surface area contributed by atoms with Gasteiger partial charge in [-0.05, 0) is 68.4 Å². The lowest BCUT2D eigenvalue weighted by atomic mass is 10.1. The Hall–Kier alpha value is -1.92. The molecule has 0 saturated heterocycles. The van der Waals surface area contributed by atoms with Crippen molar-refractivity contribution in [1.82, 2.24) is 0 Å². The van der Waals surface area contributed by atoms with Crippen LogP contribution >= 0.6 is 23.6 Å². The number of anilines is 2. The van der Waals surface area contributed by atoms with Gasteiger partial charge in [0.25, 0.3) is 0 Å². The number of nitrogens with zero attached hydrogens (tertiary/aromatic N) is 1. The molecule has 1 aromatic carbocycles. The fourth-order valence-corrected chi connectivity index (χ4v) is 5.90. The van der Waals surface area contributed by atoms with Crippen molar-refractivity contribution in [1.29, 1.82) is 0 Å². The lowest BCUT2D eigenvalue weighted by Crippen LogP contribution is -2.38. The van der Waals surface area contributed by atoms with Gasteiger partial charge in [-0.25, -0.2) is 4.79 Å². The molecule has 0 fully saturated rings. The molecule has 1 aromatic heterocycles. The highest BCUT2D eigenvalue weighted by Crippen LogP contribution is 2.39. The summed E-state index contributed by atoms with van der Waals surface area (Å²) in [4.78, 5) is 16.0. The Labute approximate surface area is 169 Å². The highest BCUT2D eigenvalue weighted by Gasteiger charge is 2.31. The van der Waals surface area contributed by atoms with Crippen LogP contribution in [0.2, 0.25) is 0 Å². The molecular formula is C21H24N2O2S2. The minimum absolute atomic E-state index is 0.269. The molecule has 1 atom stereocenters. The fourth-order valence-electron chi connectivity index (χ4n) is 4.18. The third kappa shape index (κ3) is 3.36. The molecule has 2 aliphatic rings. The number of hydrogen-bond acceptors (Lipinski definition) is 4. The molecule has 142 valence electrons. The Morgan fingerprint density at radius 1 is 1.26 bits per heavy atom. The normalized spacial score (nSPS) is 18.4. The van der Waals surface area contributed by atoms with E-state index in [1.807, 2.05) is 6.07 Å². The number of thiocarbonyl (C=S) groups is 1. The lowest BCUT2D eigenvalue weighted by Gasteiger charge is -2.26. The van der Waals surface area contributed by atoms with E-state index >= 15 is 0 Å². The summed E-state index contributed by atoms with van der Waals surface area (Å²) in [6.45, 7) is 2.18. The minimum atomic E-state index is -0.269. The summed E-state index contributed by atoms with van der Waals surface area (Å²) in [7, 11) is 1.45. The Kier molecular flexibility index (Phi) is 5.19. The second kappa shape index (κ2) is 7.60. The number of aryl methyl sites for hydroxylation is 1. The molecule has 27 heavy (non-hydrogen) atoms. The van der Waals surface area contributed by atoms with Crippen molar-refractivity contribution in [2.75, 3.05) is 17.3 Å². The maximum absolute atomic E-state index is 12.5. The zero-order chi connectivity index (χ0) is 19.0. The number of benzene rings is 1. The summed E-state index contributed by atoms with van der Waals surface area (Å²) in [5.41, 5.74) is 4.30. The molecule has 6 heteroatoms. The Balaban J connectivity index is 1.66. The van der Waals surface area contributed by atoms with Crippen LogP contribution in [0.1, 0.15) is 52.5 Å². The number of nitrogens with one attached hydrogen (secondary N) is 1. The highest BCUT2D eigenvalue weighted by atomic mass is 32.1. The van der Waals surface area contributed by atoms with E-state index in [9.17, 15) is 4.79 Å². The van der Waals surface area contributed by atoms with Crippen LogP contribution in [0.5, 0.6) is 0 Å². The molecule has 1 aliphatic heterocycles. The SMILES string of the molecule is COC(=O)c1c(NC(=S)N2c3ccccc3CC2C)sc2c1CCCCC2. The van der Waals surface area contributed by atoms with Gasteiger partial charge in [-0.2, -0.15) is 0 Å². The zero-order valence-corrected chi connectivity index (χ0v) is 17.3. The van der Waals surface area contributed by atoms with Gasteiger partial charge in [0.1, 0.15) is 5.00 Å². The van der Waals surface area contributed by atoms with E-state index in [-0.39, 0.29) is 5.97 Å². The molecule has 4 rings (SSSR count). The van der Waals surface area contributed by atoms with Crippen LogP contribution < -0.4 is 10.2 Å². The van der Waals surface area contributed by atoms with Crippen molar-refractivity contribution in [3.63, 3.8) is 0 Å². The number of para-hydroxylation sites is 1. The molecule has 2 aromatic rings. The number of ether oxygens (including phenoxy) is 1. The van der Waals surface area contributed by atoms with Crippen LogP contribution in [-0.4, -0.2) is 24.2 Å². The molecular weight excluding hydrogens is 376 g/mol. The second-order valence-corrected chi connectivity index (χ2v) is 8.73. The van der Waals surface area contributed by atoms with E-state index in [0.717, 1.165) is 41.9 Å². The van der Waals surface area contributed by atoms with Gasteiger partial charge in [0.2, 0.25) is 0 Å². The molecule has 4 nitrogen and oxygen atoms in total. The summed E-state index contributed by atoms with van der Waals surface area (Å²) in [6.07, 6.45) is 6.45. The van der Waals surface area contributed by atoms with Gasteiger partial charge in [0.05, 0.1) is 12.7 Å². The topological polar surface area (TPSA) is 41.6 Å².